The van der Waals surface area contributed by atoms with E-state index < -0.39 is 22.6 Å². The average Bonchev–Trinajstić information content (AvgIpc) is 3.50. The molecule has 4 aliphatic heterocycles. The number of esters is 1. The number of amides is 2. The number of hydrogen-bond acceptors (Lipinski definition) is 8. The van der Waals surface area contributed by atoms with Crippen molar-refractivity contribution in [3.63, 3.8) is 0 Å². The Bertz CT molecular complexity index is 806. The van der Waals surface area contributed by atoms with E-state index in [-0.39, 0.29) is 36.2 Å². The molecular weight excluding hydrogens is 470 g/mol. The predicted octanol–water partition coefficient (Wildman–Crippen LogP) is 0.760. The maximum Gasteiger partial charge on any atom is 0.310 e. The molecule has 4 fully saturated rings. The zero-order valence-corrected chi connectivity index (χ0v) is 21.5. The third-order valence-corrected chi connectivity index (χ3v) is 9.80. The second-order valence-corrected chi connectivity index (χ2v) is 11.4. The van der Waals surface area contributed by atoms with Crippen molar-refractivity contribution in [2.45, 2.75) is 48.6 Å². The molecule has 4 saturated heterocycles. The topological polar surface area (TPSA) is 99.6 Å². The van der Waals surface area contributed by atoms with Crippen LogP contribution in [0.2, 0.25) is 0 Å². The van der Waals surface area contributed by atoms with Gasteiger partial charge < -0.3 is 24.4 Å². The number of aliphatic hydroxyl groups is 1. The average molecular weight is 510 g/mol. The molecule has 4 rings (SSSR count). The van der Waals surface area contributed by atoms with E-state index in [0.717, 1.165) is 32.5 Å². The Kier molecular flexibility index (Phi) is 8.78. The summed E-state index contributed by atoms with van der Waals surface area (Å²) < 4.78 is 10.2. The van der Waals surface area contributed by atoms with E-state index in [2.05, 4.69) is 11.5 Å². The molecule has 10 heteroatoms. The first-order valence-corrected chi connectivity index (χ1v) is 13.8. The van der Waals surface area contributed by atoms with Crippen LogP contribution in [-0.2, 0) is 23.9 Å². The van der Waals surface area contributed by atoms with Gasteiger partial charge in [0, 0.05) is 51.1 Å². The molecule has 2 amide bonds. The Hall–Kier alpha value is -1.62. The van der Waals surface area contributed by atoms with E-state index >= 15 is 0 Å². The lowest BCUT2D eigenvalue weighted by Gasteiger charge is -2.38. The summed E-state index contributed by atoms with van der Waals surface area (Å²) in [6.07, 6.45) is 4.46. The van der Waals surface area contributed by atoms with Crippen LogP contribution in [0, 0.1) is 11.8 Å². The standard InChI is InChI=1S/C25H39N3O6S/c1-3-9-27(12-11-26-13-16-33-17-14-26)23(31)21-25-8-7-18(35-25)19(24(32)34-4-2)20(25)22(30)28(21)10-5-6-15-29/h3,18-21,29H,1,4-17H2,2H3/t18-,19+,20-,21?,25?/m0/s1. The van der Waals surface area contributed by atoms with Crippen LogP contribution in [-0.4, -0.2) is 119 Å². The number of morpholine rings is 1. The molecule has 0 saturated carbocycles. The van der Waals surface area contributed by atoms with Gasteiger partial charge in [0.1, 0.15) is 6.04 Å². The van der Waals surface area contributed by atoms with E-state index in [1.54, 1.807) is 29.7 Å². The first kappa shape index (κ1) is 26.4. The molecule has 35 heavy (non-hydrogen) atoms. The van der Waals surface area contributed by atoms with Gasteiger partial charge in [-0.3, -0.25) is 19.3 Å². The van der Waals surface area contributed by atoms with Crippen LogP contribution in [0.1, 0.15) is 32.6 Å². The molecule has 0 aliphatic carbocycles. The molecule has 1 spiro atoms. The van der Waals surface area contributed by atoms with Crippen LogP contribution < -0.4 is 0 Å². The fraction of sp³-hybridized carbons (Fsp3) is 0.800. The van der Waals surface area contributed by atoms with Crippen molar-refractivity contribution in [2.75, 3.05) is 65.7 Å². The van der Waals surface area contributed by atoms with Crippen molar-refractivity contribution < 1.29 is 29.0 Å². The Morgan fingerprint density at radius 1 is 1.31 bits per heavy atom. The zero-order valence-electron chi connectivity index (χ0n) is 20.7. The second-order valence-electron chi connectivity index (χ2n) is 9.80. The number of aliphatic hydroxyl groups excluding tert-OH is 1. The maximum absolute atomic E-state index is 14.2. The van der Waals surface area contributed by atoms with Crippen LogP contribution in [0.25, 0.3) is 0 Å². The van der Waals surface area contributed by atoms with Gasteiger partial charge in [0.2, 0.25) is 11.8 Å². The van der Waals surface area contributed by atoms with E-state index in [1.807, 2.05) is 4.90 Å². The highest BCUT2D eigenvalue weighted by Gasteiger charge is 2.74. The van der Waals surface area contributed by atoms with Crippen LogP contribution in [0.5, 0.6) is 0 Å². The summed E-state index contributed by atoms with van der Waals surface area (Å²) in [4.78, 5) is 46.7. The van der Waals surface area contributed by atoms with Gasteiger partial charge in [-0.1, -0.05) is 6.08 Å². The van der Waals surface area contributed by atoms with Crippen molar-refractivity contribution in [3.05, 3.63) is 12.7 Å². The van der Waals surface area contributed by atoms with Crippen molar-refractivity contribution in [1.82, 2.24) is 14.7 Å². The Balaban J connectivity index is 1.60. The van der Waals surface area contributed by atoms with Gasteiger partial charge in [-0.15, -0.1) is 18.3 Å². The molecule has 2 unspecified atom stereocenters. The van der Waals surface area contributed by atoms with Crippen molar-refractivity contribution >= 4 is 29.5 Å². The predicted molar refractivity (Wildman–Crippen MR) is 133 cm³/mol. The second kappa shape index (κ2) is 11.6. The third kappa shape index (κ3) is 4.99. The lowest BCUT2D eigenvalue weighted by molar-refractivity contribution is -0.153. The minimum atomic E-state index is -0.613. The molecule has 0 aromatic heterocycles. The molecule has 2 bridgehead atoms. The van der Waals surface area contributed by atoms with Crippen LogP contribution in [0.3, 0.4) is 0 Å². The molecule has 0 aromatic rings. The molecular formula is C25H39N3O6S. The van der Waals surface area contributed by atoms with Crippen LogP contribution >= 0.6 is 11.8 Å². The normalized spacial score (nSPS) is 32.1. The number of nitrogens with zero attached hydrogens (tertiary/aromatic N) is 3. The lowest BCUT2D eigenvalue weighted by atomic mass is 9.71. The summed E-state index contributed by atoms with van der Waals surface area (Å²) in [5.41, 5.74) is 0. The number of likely N-dealkylation sites (tertiary alicyclic amines) is 1. The fourth-order valence-electron chi connectivity index (χ4n) is 6.28. The van der Waals surface area contributed by atoms with E-state index in [1.165, 1.54) is 0 Å². The minimum Gasteiger partial charge on any atom is -0.466 e. The quantitative estimate of drug-likeness (QED) is 0.234. The molecule has 196 valence electrons. The van der Waals surface area contributed by atoms with Crippen molar-refractivity contribution in [3.8, 4) is 0 Å². The molecule has 4 heterocycles. The van der Waals surface area contributed by atoms with Crippen molar-refractivity contribution in [1.29, 1.82) is 0 Å². The van der Waals surface area contributed by atoms with Crippen LogP contribution in [0.4, 0.5) is 0 Å². The summed E-state index contributed by atoms with van der Waals surface area (Å²) in [5, 5.41) is 9.32. The zero-order chi connectivity index (χ0) is 25.0. The maximum atomic E-state index is 14.2. The van der Waals surface area contributed by atoms with E-state index in [4.69, 9.17) is 9.47 Å². The SMILES string of the molecule is C=CCN(CCN1CCOCC1)C(=O)C1N(CCCCO)C(=O)[C@@H]2[C@H](C(=O)OCC)[C@@H]3CCC12S3. The summed E-state index contributed by atoms with van der Waals surface area (Å²) in [7, 11) is 0. The van der Waals surface area contributed by atoms with Gasteiger partial charge in [0.05, 0.1) is 36.4 Å². The number of unbranched alkanes of at least 4 members (excludes halogenated alkanes) is 1. The Labute approximate surface area is 212 Å². The largest absolute Gasteiger partial charge is 0.466 e. The number of carbonyl (C=O) groups excluding carboxylic acids is 3. The first-order valence-electron chi connectivity index (χ1n) is 12.9. The van der Waals surface area contributed by atoms with Gasteiger partial charge in [0.15, 0.2) is 0 Å². The number of carbonyl (C=O) groups is 3. The third-order valence-electron chi connectivity index (χ3n) is 7.85. The number of fused-ring (bicyclic) bond motifs is 1. The minimum absolute atomic E-state index is 0.0131. The lowest BCUT2D eigenvalue weighted by Crippen LogP contribution is -2.56. The van der Waals surface area contributed by atoms with Gasteiger partial charge in [-0.25, -0.2) is 0 Å². The van der Waals surface area contributed by atoms with Crippen molar-refractivity contribution in [2.24, 2.45) is 11.8 Å². The number of ether oxygens (including phenoxy) is 2. The highest BCUT2D eigenvalue weighted by atomic mass is 32.2. The summed E-state index contributed by atoms with van der Waals surface area (Å²) in [6.45, 7) is 11.1. The molecule has 0 aromatic carbocycles. The molecule has 0 radical (unpaired) electrons. The molecule has 1 N–H and O–H groups in total. The number of thioether (sulfide) groups is 1. The number of hydrogen-bond donors (Lipinski definition) is 1. The summed E-state index contributed by atoms with van der Waals surface area (Å²) in [6, 6.07) is -0.613. The monoisotopic (exact) mass is 509 g/mol. The molecule has 5 atom stereocenters. The van der Waals surface area contributed by atoms with Crippen LogP contribution in [0.15, 0.2) is 12.7 Å². The number of rotatable bonds is 12. The Morgan fingerprint density at radius 2 is 2.09 bits per heavy atom. The molecule has 4 aliphatic rings. The Morgan fingerprint density at radius 3 is 2.77 bits per heavy atom. The van der Waals surface area contributed by atoms with E-state index in [0.29, 0.717) is 45.7 Å². The molecule has 9 nitrogen and oxygen atoms in total. The van der Waals surface area contributed by atoms with E-state index in [9.17, 15) is 19.5 Å². The van der Waals surface area contributed by atoms with Gasteiger partial charge >= 0.3 is 5.97 Å². The first-order chi connectivity index (χ1) is 17.0. The van der Waals surface area contributed by atoms with Gasteiger partial charge in [-0.05, 0) is 32.6 Å². The van der Waals surface area contributed by atoms with Gasteiger partial charge in [0.25, 0.3) is 0 Å². The smallest absolute Gasteiger partial charge is 0.310 e. The highest BCUT2D eigenvalue weighted by molar-refractivity contribution is 8.02. The summed E-state index contributed by atoms with van der Waals surface area (Å²) in [5.74, 6) is -1.52. The summed E-state index contributed by atoms with van der Waals surface area (Å²) >= 11 is 1.66. The fourth-order valence-corrected chi connectivity index (χ4v) is 8.48. The highest BCUT2D eigenvalue weighted by Crippen LogP contribution is 2.66. The van der Waals surface area contributed by atoms with Gasteiger partial charge in [-0.2, -0.15) is 0 Å².